The Morgan fingerprint density at radius 2 is 1.00 bits per heavy atom. The van der Waals surface area contributed by atoms with Crippen LogP contribution >= 0.6 is 0 Å². The molecule has 0 spiro atoms. The highest BCUT2D eigenvalue weighted by molar-refractivity contribution is 7.97. The number of benzene rings is 3. The average molecular weight is 440 g/mol. The first kappa shape index (κ1) is 23.2. The molecule has 0 aliphatic heterocycles. The number of hydrogen-bond donors (Lipinski definition) is 0. The lowest BCUT2D eigenvalue weighted by Crippen LogP contribution is -2.13. The van der Waals surface area contributed by atoms with Crippen molar-refractivity contribution in [3.63, 3.8) is 0 Å². The third kappa shape index (κ3) is 6.76. The van der Waals surface area contributed by atoms with Crippen LogP contribution in [-0.4, -0.2) is 39.6 Å². The molecule has 0 atom stereocenters. The summed E-state index contributed by atoms with van der Waals surface area (Å²) in [6, 6.07) is 27.0. The van der Waals surface area contributed by atoms with Gasteiger partial charge >= 0.3 is 0 Å². The van der Waals surface area contributed by atoms with Gasteiger partial charge in [0.05, 0.1) is 13.2 Å². The van der Waals surface area contributed by atoms with Crippen molar-refractivity contribution in [3.05, 3.63) is 78.9 Å². The zero-order chi connectivity index (χ0) is 21.7. The Morgan fingerprint density at radius 1 is 0.548 bits per heavy atom. The summed E-state index contributed by atoms with van der Waals surface area (Å²) >= 11 is 0. The molecule has 0 unspecified atom stereocenters. The first-order valence-electron chi connectivity index (χ1n) is 10.7. The highest BCUT2D eigenvalue weighted by atomic mass is 32.2. The first-order valence-corrected chi connectivity index (χ1v) is 12.0. The SMILES string of the molecule is CCOCCOc1ccccc1[S+](c1ccccc1)c1ccccc1OCCOCC. The van der Waals surface area contributed by atoms with Gasteiger partial charge in [-0.05, 0) is 50.2 Å². The maximum Gasteiger partial charge on any atom is 0.208 e. The Hall–Kier alpha value is -2.47. The van der Waals surface area contributed by atoms with E-state index in [2.05, 4.69) is 48.5 Å². The van der Waals surface area contributed by atoms with E-state index in [9.17, 15) is 0 Å². The summed E-state index contributed by atoms with van der Waals surface area (Å²) < 4.78 is 23.2. The van der Waals surface area contributed by atoms with Gasteiger partial charge in [-0.25, -0.2) is 0 Å². The van der Waals surface area contributed by atoms with Crippen molar-refractivity contribution >= 4 is 10.9 Å². The van der Waals surface area contributed by atoms with Crippen LogP contribution < -0.4 is 9.47 Å². The number of hydrogen-bond acceptors (Lipinski definition) is 4. The van der Waals surface area contributed by atoms with E-state index in [0.29, 0.717) is 39.6 Å². The van der Waals surface area contributed by atoms with Gasteiger partial charge < -0.3 is 18.9 Å². The zero-order valence-electron chi connectivity index (χ0n) is 18.3. The fourth-order valence-corrected chi connectivity index (χ4v) is 5.37. The Kier molecular flexibility index (Phi) is 9.77. The molecule has 31 heavy (non-hydrogen) atoms. The second kappa shape index (κ2) is 13.1. The largest absolute Gasteiger partial charge is 0.486 e. The van der Waals surface area contributed by atoms with Crippen molar-refractivity contribution in [2.75, 3.05) is 39.6 Å². The van der Waals surface area contributed by atoms with E-state index in [4.69, 9.17) is 18.9 Å². The fraction of sp³-hybridized carbons (Fsp3) is 0.308. The molecular formula is C26H31O4S+. The molecule has 0 bridgehead atoms. The lowest BCUT2D eigenvalue weighted by Gasteiger charge is -2.15. The molecule has 0 saturated carbocycles. The molecule has 3 aromatic rings. The molecule has 0 aliphatic carbocycles. The predicted molar refractivity (Wildman–Crippen MR) is 125 cm³/mol. The molecule has 0 aliphatic rings. The average Bonchev–Trinajstić information content (AvgIpc) is 2.82. The smallest absolute Gasteiger partial charge is 0.208 e. The topological polar surface area (TPSA) is 36.9 Å². The van der Waals surface area contributed by atoms with Gasteiger partial charge in [-0.2, -0.15) is 0 Å². The Morgan fingerprint density at radius 3 is 1.48 bits per heavy atom. The molecule has 0 heterocycles. The summed E-state index contributed by atoms with van der Waals surface area (Å²) in [7, 11) is -0.384. The van der Waals surface area contributed by atoms with E-state index in [1.54, 1.807) is 0 Å². The van der Waals surface area contributed by atoms with Gasteiger partial charge in [0.15, 0.2) is 16.4 Å². The van der Waals surface area contributed by atoms with Crippen LogP contribution in [0.25, 0.3) is 0 Å². The molecule has 5 heteroatoms. The van der Waals surface area contributed by atoms with Gasteiger partial charge in [0, 0.05) is 13.2 Å². The van der Waals surface area contributed by atoms with Gasteiger partial charge in [0.2, 0.25) is 9.79 Å². The van der Waals surface area contributed by atoms with Crippen LogP contribution in [0.3, 0.4) is 0 Å². The summed E-state index contributed by atoms with van der Waals surface area (Å²) in [6.45, 7) is 7.53. The minimum atomic E-state index is -0.384. The summed E-state index contributed by atoms with van der Waals surface area (Å²) in [4.78, 5) is 3.47. The van der Waals surface area contributed by atoms with Crippen molar-refractivity contribution in [1.29, 1.82) is 0 Å². The van der Waals surface area contributed by atoms with E-state index in [1.165, 1.54) is 4.90 Å². The third-order valence-corrected chi connectivity index (χ3v) is 6.79. The highest BCUT2D eigenvalue weighted by Crippen LogP contribution is 2.40. The Labute approximate surface area is 188 Å². The highest BCUT2D eigenvalue weighted by Gasteiger charge is 2.34. The molecule has 164 valence electrons. The molecule has 0 radical (unpaired) electrons. The van der Waals surface area contributed by atoms with E-state index in [0.717, 1.165) is 21.3 Å². The van der Waals surface area contributed by atoms with Crippen LogP contribution in [0.4, 0.5) is 0 Å². The van der Waals surface area contributed by atoms with E-state index in [-0.39, 0.29) is 10.9 Å². The fourth-order valence-electron chi connectivity index (χ4n) is 3.11. The summed E-state index contributed by atoms with van der Waals surface area (Å²) in [5.74, 6) is 1.75. The van der Waals surface area contributed by atoms with Gasteiger partial charge in [-0.15, -0.1) is 0 Å². The second-order valence-electron chi connectivity index (χ2n) is 6.60. The molecule has 3 rings (SSSR count). The van der Waals surface area contributed by atoms with E-state index >= 15 is 0 Å². The Balaban J connectivity index is 1.97. The van der Waals surface area contributed by atoms with Gasteiger partial charge in [-0.3, -0.25) is 0 Å². The molecule has 0 amide bonds. The maximum absolute atomic E-state index is 6.14. The van der Waals surface area contributed by atoms with Crippen molar-refractivity contribution in [1.82, 2.24) is 0 Å². The van der Waals surface area contributed by atoms with E-state index in [1.807, 2.05) is 44.2 Å². The van der Waals surface area contributed by atoms with Gasteiger partial charge in [0.1, 0.15) is 24.1 Å². The van der Waals surface area contributed by atoms with Crippen molar-refractivity contribution in [2.24, 2.45) is 0 Å². The van der Waals surface area contributed by atoms with Crippen molar-refractivity contribution in [3.8, 4) is 11.5 Å². The van der Waals surface area contributed by atoms with Crippen LogP contribution in [0.15, 0.2) is 93.5 Å². The molecule has 4 nitrogen and oxygen atoms in total. The van der Waals surface area contributed by atoms with Gasteiger partial charge in [0.25, 0.3) is 0 Å². The molecule has 0 saturated heterocycles. The van der Waals surface area contributed by atoms with Crippen molar-refractivity contribution < 1.29 is 18.9 Å². The van der Waals surface area contributed by atoms with Gasteiger partial charge in [-0.1, -0.05) is 42.5 Å². The molecule has 3 aromatic carbocycles. The third-order valence-electron chi connectivity index (χ3n) is 4.50. The standard InChI is InChI=1S/C26H31O4S/c1-3-27-18-20-29-23-14-8-10-16-25(23)31(22-12-6-5-7-13-22)26-17-11-9-15-24(26)30-21-19-28-4-2/h5-17H,3-4,18-21H2,1-2H3/q+1. The second-order valence-corrected chi connectivity index (χ2v) is 8.57. The van der Waals surface area contributed by atoms with E-state index < -0.39 is 0 Å². The minimum Gasteiger partial charge on any atom is -0.486 e. The summed E-state index contributed by atoms with van der Waals surface area (Å²) in [6.07, 6.45) is 0. The lowest BCUT2D eigenvalue weighted by atomic mass is 10.3. The number of rotatable bonds is 13. The minimum absolute atomic E-state index is 0.384. The zero-order valence-corrected chi connectivity index (χ0v) is 19.1. The predicted octanol–water partition coefficient (Wildman–Crippen LogP) is 5.61. The van der Waals surface area contributed by atoms with Crippen LogP contribution in [0.2, 0.25) is 0 Å². The number of para-hydroxylation sites is 2. The maximum atomic E-state index is 6.14. The number of ether oxygens (including phenoxy) is 4. The van der Waals surface area contributed by atoms with Crippen LogP contribution in [0, 0.1) is 0 Å². The van der Waals surface area contributed by atoms with Crippen molar-refractivity contribution in [2.45, 2.75) is 28.5 Å². The van der Waals surface area contributed by atoms with Crippen LogP contribution in [-0.2, 0) is 20.4 Å². The molecule has 0 aromatic heterocycles. The van der Waals surface area contributed by atoms with Crippen LogP contribution in [0.5, 0.6) is 11.5 Å². The first-order chi connectivity index (χ1) is 15.3. The lowest BCUT2D eigenvalue weighted by molar-refractivity contribution is 0.109. The molecule has 0 fully saturated rings. The summed E-state index contributed by atoms with van der Waals surface area (Å²) in [5, 5.41) is 0. The molecule has 0 N–H and O–H groups in total. The molecular weight excluding hydrogens is 408 g/mol. The monoisotopic (exact) mass is 439 g/mol. The van der Waals surface area contributed by atoms with Crippen LogP contribution in [0.1, 0.15) is 13.8 Å². The Bertz CT molecular complexity index is 845. The normalized spacial score (nSPS) is 10.9. The summed E-state index contributed by atoms with van der Waals surface area (Å²) in [5.41, 5.74) is 0. The quantitative estimate of drug-likeness (QED) is 0.256.